The summed E-state index contributed by atoms with van der Waals surface area (Å²) in [6.45, 7) is 3.55. The van der Waals surface area contributed by atoms with Gasteiger partial charge in [-0.05, 0) is 6.92 Å². The molecule has 0 fully saturated rings. The lowest BCUT2D eigenvalue weighted by atomic mass is 10.2. The van der Waals surface area contributed by atoms with Crippen molar-refractivity contribution in [3.05, 3.63) is 36.0 Å². The molecule has 0 heterocycles. The van der Waals surface area contributed by atoms with Gasteiger partial charge in [0.25, 0.3) is 0 Å². The lowest BCUT2D eigenvalue weighted by Crippen LogP contribution is -2.29. The number of nitrogens with one attached hydrogen (secondary N) is 1. The molecule has 1 N–H and O–H groups in total. The molecule has 2 heteroatoms. The lowest BCUT2D eigenvalue weighted by Gasteiger charge is -2.06. The first-order valence-electron chi connectivity index (χ1n) is 3.99. The Morgan fingerprint density at radius 2 is 2.25 bits per heavy atom. The van der Waals surface area contributed by atoms with Crippen molar-refractivity contribution in [2.75, 3.05) is 0 Å². The van der Waals surface area contributed by atoms with Crippen molar-refractivity contribution in [1.82, 2.24) is 5.32 Å². The second-order valence-electron chi connectivity index (χ2n) is 2.88. The molecule has 0 spiro atoms. The molecule has 0 bridgehead atoms. The van der Waals surface area contributed by atoms with Crippen molar-refractivity contribution in [1.29, 1.82) is 0 Å². The van der Waals surface area contributed by atoms with Crippen LogP contribution in [0.15, 0.2) is 36.0 Å². The molecule has 0 aromatic rings. The number of carbonyl (C=O) groups excluding carboxylic acids is 1. The van der Waals surface area contributed by atoms with Crippen LogP contribution in [-0.2, 0) is 4.79 Å². The zero-order valence-electron chi connectivity index (χ0n) is 7.37. The van der Waals surface area contributed by atoms with Crippen molar-refractivity contribution in [3.8, 4) is 0 Å². The highest BCUT2D eigenvalue weighted by molar-refractivity contribution is 5.73. The van der Waals surface area contributed by atoms with Gasteiger partial charge in [0.15, 0.2) is 0 Å². The van der Waals surface area contributed by atoms with E-state index in [0.29, 0.717) is 0 Å². The molecule has 1 rings (SSSR count). The van der Waals surface area contributed by atoms with Crippen LogP contribution >= 0.6 is 0 Å². The van der Waals surface area contributed by atoms with Crippen LogP contribution in [0.4, 0.5) is 0 Å². The summed E-state index contributed by atoms with van der Waals surface area (Å²) in [6.07, 6.45) is 9.89. The molecule has 1 atom stereocenters. The molecule has 0 aliphatic heterocycles. The zero-order chi connectivity index (χ0) is 8.97. The van der Waals surface area contributed by atoms with Gasteiger partial charge in [0.2, 0.25) is 5.91 Å². The zero-order valence-corrected chi connectivity index (χ0v) is 7.37. The van der Waals surface area contributed by atoms with Crippen molar-refractivity contribution < 1.29 is 4.79 Å². The molecule has 0 radical (unpaired) electrons. The first-order chi connectivity index (χ1) is 5.68. The predicted molar refractivity (Wildman–Crippen MR) is 49.6 cm³/mol. The molecule has 0 aromatic heterocycles. The molecule has 0 aromatic carbocycles. The van der Waals surface area contributed by atoms with Crippen LogP contribution in [0.2, 0.25) is 0 Å². The lowest BCUT2D eigenvalue weighted by molar-refractivity contribution is -0.119. The fraction of sp³-hybridized carbons (Fsp3) is 0.300. The van der Waals surface area contributed by atoms with Crippen LogP contribution in [-0.4, -0.2) is 11.9 Å². The van der Waals surface area contributed by atoms with E-state index in [1.807, 2.05) is 37.3 Å². The Bertz CT molecular complexity index is 261. The Labute approximate surface area is 72.7 Å². The normalized spacial score (nSPS) is 21.5. The second-order valence-corrected chi connectivity index (χ2v) is 2.88. The first-order valence-corrected chi connectivity index (χ1v) is 3.99. The van der Waals surface area contributed by atoms with Gasteiger partial charge in [0.05, 0.1) is 6.04 Å². The summed E-state index contributed by atoms with van der Waals surface area (Å²) >= 11 is 0. The fourth-order valence-corrected chi connectivity index (χ4v) is 1.03. The van der Waals surface area contributed by atoms with Gasteiger partial charge < -0.3 is 5.32 Å². The van der Waals surface area contributed by atoms with E-state index in [0.717, 1.165) is 0 Å². The van der Waals surface area contributed by atoms with Gasteiger partial charge in [0.1, 0.15) is 0 Å². The predicted octanol–water partition coefficient (Wildman–Crippen LogP) is 1.56. The van der Waals surface area contributed by atoms with E-state index in [-0.39, 0.29) is 11.9 Å². The quantitative estimate of drug-likeness (QED) is 0.624. The standard InChI is InChI=1S/C10H13NO/c1-8-4-3-5-10(7-6-8)11-9(2)12/h3-7,10H,1-2H3,(H,11,12). The van der Waals surface area contributed by atoms with Gasteiger partial charge in [0, 0.05) is 6.92 Å². The van der Waals surface area contributed by atoms with E-state index in [1.165, 1.54) is 12.5 Å². The van der Waals surface area contributed by atoms with Crippen molar-refractivity contribution in [2.45, 2.75) is 19.9 Å². The van der Waals surface area contributed by atoms with Gasteiger partial charge in [-0.15, -0.1) is 0 Å². The number of hydrogen-bond acceptors (Lipinski definition) is 1. The number of rotatable bonds is 1. The number of allylic oxidation sites excluding steroid dienone is 4. The van der Waals surface area contributed by atoms with E-state index in [2.05, 4.69) is 5.32 Å². The number of carbonyl (C=O) groups is 1. The van der Waals surface area contributed by atoms with Crippen LogP contribution in [0.5, 0.6) is 0 Å². The van der Waals surface area contributed by atoms with E-state index in [1.54, 1.807) is 0 Å². The summed E-state index contributed by atoms with van der Waals surface area (Å²) in [6, 6.07) is 0.0381. The molecule has 1 amide bonds. The largest absolute Gasteiger partial charge is 0.347 e. The van der Waals surface area contributed by atoms with Gasteiger partial charge in [-0.1, -0.05) is 36.0 Å². The SMILES string of the molecule is CC(=O)NC1C=CC=C(C)C=C1. The van der Waals surface area contributed by atoms with E-state index >= 15 is 0 Å². The summed E-state index contributed by atoms with van der Waals surface area (Å²) in [5, 5.41) is 2.80. The Morgan fingerprint density at radius 1 is 1.50 bits per heavy atom. The minimum atomic E-state index is -0.00569. The molecule has 0 saturated carbocycles. The maximum absolute atomic E-state index is 10.7. The first kappa shape index (κ1) is 8.78. The van der Waals surface area contributed by atoms with E-state index in [4.69, 9.17) is 0 Å². The average molecular weight is 163 g/mol. The number of hydrogen-bond donors (Lipinski definition) is 1. The minimum absolute atomic E-state index is 0.00569. The minimum Gasteiger partial charge on any atom is -0.347 e. The fourth-order valence-electron chi connectivity index (χ4n) is 1.03. The summed E-state index contributed by atoms with van der Waals surface area (Å²) < 4.78 is 0. The van der Waals surface area contributed by atoms with Crippen molar-refractivity contribution in [3.63, 3.8) is 0 Å². The highest BCUT2D eigenvalue weighted by Crippen LogP contribution is 2.03. The highest BCUT2D eigenvalue weighted by Gasteiger charge is 2.01. The van der Waals surface area contributed by atoms with Crippen LogP contribution in [0.25, 0.3) is 0 Å². The Balaban J connectivity index is 2.61. The van der Waals surface area contributed by atoms with Crippen molar-refractivity contribution in [2.24, 2.45) is 0 Å². The topological polar surface area (TPSA) is 29.1 Å². The van der Waals surface area contributed by atoms with Crippen molar-refractivity contribution >= 4 is 5.91 Å². The molecule has 12 heavy (non-hydrogen) atoms. The summed E-state index contributed by atoms with van der Waals surface area (Å²) in [5.74, 6) is -0.00569. The van der Waals surface area contributed by atoms with Crippen LogP contribution in [0.3, 0.4) is 0 Å². The molecule has 0 saturated heterocycles. The second kappa shape index (κ2) is 3.90. The molecule has 2 nitrogen and oxygen atoms in total. The summed E-state index contributed by atoms with van der Waals surface area (Å²) in [7, 11) is 0. The third-order valence-electron chi connectivity index (χ3n) is 1.61. The molecule has 1 aliphatic carbocycles. The molecule has 1 unspecified atom stereocenters. The van der Waals surface area contributed by atoms with Crippen LogP contribution in [0, 0.1) is 0 Å². The van der Waals surface area contributed by atoms with Crippen LogP contribution in [0.1, 0.15) is 13.8 Å². The highest BCUT2D eigenvalue weighted by atomic mass is 16.1. The Morgan fingerprint density at radius 3 is 2.92 bits per heavy atom. The molecule has 1 aliphatic rings. The van der Waals surface area contributed by atoms with Gasteiger partial charge in [-0.3, -0.25) is 4.79 Å². The average Bonchev–Trinajstić information content (AvgIpc) is 2.15. The Hall–Kier alpha value is -1.31. The maximum atomic E-state index is 10.7. The van der Waals surface area contributed by atoms with E-state index in [9.17, 15) is 4.79 Å². The van der Waals surface area contributed by atoms with Gasteiger partial charge in [-0.2, -0.15) is 0 Å². The van der Waals surface area contributed by atoms with Crippen LogP contribution < -0.4 is 5.32 Å². The smallest absolute Gasteiger partial charge is 0.217 e. The molecular formula is C10H13NO. The summed E-state index contributed by atoms with van der Waals surface area (Å²) in [4.78, 5) is 10.7. The number of amides is 1. The third-order valence-corrected chi connectivity index (χ3v) is 1.61. The Kier molecular flexibility index (Phi) is 2.86. The van der Waals surface area contributed by atoms with E-state index < -0.39 is 0 Å². The molecule has 64 valence electrons. The van der Waals surface area contributed by atoms with Gasteiger partial charge in [-0.25, -0.2) is 0 Å². The summed E-state index contributed by atoms with van der Waals surface area (Å²) in [5.41, 5.74) is 1.19. The molecular weight excluding hydrogens is 150 g/mol. The maximum Gasteiger partial charge on any atom is 0.217 e. The van der Waals surface area contributed by atoms with Gasteiger partial charge >= 0.3 is 0 Å². The monoisotopic (exact) mass is 163 g/mol. The third kappa shape index (κ3) is 2.74.